The minimum absolute atomic E-state index is 0. The Morgan fingerprint density at radius 2 is 2.17 bits per heavy atom. The van der Waals surface area contributed by atoms with Crippen LogP contribution in [0.2, 0.25) is 0 Å². The number of nitrogens with zero attached hydrogens (tertiary/aromatic N) is 1. The smallest absolute Gasteiger partial charge is 0.0588 e. The van der Waals surface area contributed by atoms with E-state index in [4.69, 9.17) is 0 Å². The van der Waals surface area contributed by atoms with Crippen LogP contribution in [0.1, 0.15) is 5.56 Å². The van der Waals surface area contributed by atoms with Crippen LogP contribution < -0.4 is 0 Å². The van der Waals surface area contributed by atoms with Gasteiger partial charge >= 0.3 is 0 Å². The number of hydrogen-bond donors (Lipinski definition) is 0. The van der Waals surface area contributed by atoms with Crippen molar-refractivity contribution in [1.82, 2.24) is 0 Å². The summed E-state index contributed by atoms with van der Waals surface area (Å²) in [6, 6.07) is 5.71. The number of hydrogen-bond acceptors (Lipinski definition) is 1. The number of carbonyl (C=O) groups excluding carboxylic acids is 1. The topological polar surface area (TPSA) is 31.2 Å². The third kappa shape index (κ3) is 1.71. The predicted molar refractivity (Wildman–Crippen MR) is 45.9 cm³/mol. The maximum atomic E-state index is 10.8. The molecular weight excluding hydrogens is 262 g/mol. The van der Waals surface area contributed by atoms with Crippen LogP contribution in [0.3, 0.4) is 0 Å². The third-order valence-electron chi connectivity index (χ3n) is 1.63. The summed E-state index contributed by atoms with van der Waals surface area (Å²) < 4.78 is 0.967. The Morgan fingerprint density at radius 1 is 1.42 bits per heavy atom. The van der Waals surface area contributed by atoms with Gasteiger partial charge in [-0.2, -0.15) is 0 Å². The zero-order valence-corrected chi connectivity index (χ0v) is 8.72. The number of amides is 1. The summed E-state index contributed by atoms with van der Waals surface area (Å²) in [6.07, 6.45) is 0.461. The van der Waals surface area contributed by atoms with Crippen LogP contribution in [0, 0.1) is 0 Å². The average Bonchev–Trinajstić information content (AvgIpc) is 2.27. The Morgan fingerprint density at radius 3 is 2.92 bits per heavy atom. The molecule has 0 radical (unpaired) electrons. The first kappa shape index (κ1) is 9.78. The molecule has 0 N–H and O–H groups in total. The minimum atomic E-state index is -0.0434. The van der Waals surface area contributed by atoms with Gasteiger partial charge in [0.1, 0.15) is 0 Å². The van der Waals surface area contributed by atoms with Gasteiger partial charge in [0.15, 0.2) is 0 Å². The number of fused-ring (bicyclic) bond motifs is 1. The van der Waals surface area contributed by atoms with Crippen molar-refractivity contribution < 1.29 is 21.9 Å². The normalized spacial score (nSPS) is 13.2. The van der Waals surface area contributed by atoms with E-state index < -0.39 is 0 Å². The molecule has 0 unspecified atom stereocenters. The molecule has 1 aliphatic heterocycles. The Labute approximate surface area is 89.3 Å². The summed E-state index contributed by atoms with van der Waals surface area (Å²) in [5, 5.41) is 3.84. The van der Waals surface area contributed by atoms with Crippen LogP contribution >= 0.6 is 15.9 Å². The van der Waals surface area contributed by atoms with Crippen LogP contribution in [0.4, 0.5) is 5.69 Å². The van der Waals surface area contributed by atoms with Gasteiger partial charge in [-0.25, -0.2) is 0 Å². The molecule has 0 aromatic heterocycles. The molecule has 0 aliphatic carbocycles. The fourth-order valence-corrected chi connectivity index (χ4v) is 1.48. The SMILES string of the molecule is O=C1Cc2ccc(Br)cc2[N-]1.[Fe]. The molecule has 0 spiro atoms. The zero-order valence-electron chi connectivity index (χ0n) is 6.03. The van der Waals surface area contributed by atoms with Gasteiger partial charge in [0.2, 0.25) is 0 Å². The second-order valence-corrected chi connectivity index (χ2v) is 3.37. The zero-order chi connectivity index (χ0) is 7.84. The van der Waals surface area contributed by atoms with Crippen molar-refractivity contribution >= 4 is 27.5 Å². The fourth-order valence-electron chi connectivity index (χ4n) is 1.13. The van der Waals surface area contributed by atoms with Crippen LogP contribution in [-0.2, 0) is 28.3 Å². The molecule has 1 aromatic carbocycles. The van der Waals surface area contributed by atoms with Crippen molar-refractivity contribution in [3.05, 3.63) is 33.6 Å². The molecule has 0 atom stereocenters. The monoisotopic (exact) mass is 266 g/mol. The maximum Gasteiger partial charge on any atom is 0.0588 e. The third-order valence-corrected chi connectivity index (χ3v) is 2.13. The Hall–Kier alpha value is -0.311. The van der Waals surface area contributed by atoms with Gasteiger partial charge in [-0.3, -0.25) is 0 Å². The molecule has 12 heavy (non-hydrogen) atoms. The molecule has 0 saturated carbocycles. The summed E-state index contributed by atoms with van der Waals surface area (Å²) >= 11 is 3.31. The number of rotatable bonds is 0. The Balaban J connectivity index is 0.000000720. The molecule has 1 amide bonds. The van der Waals surface area contributed by atoms with Crippen molar-refractivity contribution in [2.24, 2.45) is 0 Å². The van der Waals surface area contributed by atoms with Gasteiger partial charge < -0.3 is 10.1 Å². The summed E-state index contributed by atoms with van der Waals surface area (Å²) in [7, 11) is 0. The second kappa shape index (κ2) is 3.60. The first-order valence-electron chi connectivity index (χ1n) is 3.29. The van der Waals surface area contributed by atoms with Crippen molar-refractivity contribution in [2.45, 2.75) is 6.42 Å². The van der Waals surface area contributed by atoms with Crippen molar-refractivity contribution in [1.29, 1.82) is 0 Å². The molecule has 1 aliphatic rings. The van der Waals surface area contributed by atoms with Gasteiger partial charge in [0, 0.05) is 28.0 Å². The fraction of sp³-hybridized carbons (Fsp3) is 0.125. The molecule has 0 fully saturated rings. The molecule has 1 heterocycles. The first-order valence-corrected chi connectivity index (χ1v) is 4.08. The molecule has 0 saturated heterocycles. The van der Waals surface area contributed by atoms with E-state index in [0.717, 1.165) is 15.7 Å². The van der Waals surface area contributed by atoms with Crippen LogP contribution in [0.15, 0.2) is 22.7 Å². The van der Waals surface area contributed by atoms with Crippen molar-refractivity contribution in [3.63, 3.8) is 0 Å². The number of benzene rings is 1. The maximum absolute atomic E-state index is 10.8. The van der Waals surface area contributed by atoms with Crippen LogP contribution in [0.5, 0.6) is 0 Å². The molecule has 0 bridgehead atoms. The molecule has 64 valence electrons. The van der Waals surface area contributed by atoms with Crippen molar-refractivity contribution in [3.8, 4) is 0 Å². The van der Waals surface area contributed by atoms with Gasteiger partial charge in [-0.05, 0) is 6.07 Å². The Bertz CT molecular complexity index is 327. The van der Waals surface area contributed by atoms with Gasteiger partial charge in [0.05, 0.1) is 5.91 Å². The second-order valence-electron chi connectivity index (χ2n) is 2.46. The van der Waals surface area contributed by atoms with Gasteiger partial charge in [-0.15, -0.1) is 5.69 Å². The molecule has 4 heteroatoms. The van der Waals surface area contributed by atoms with Crippen molar-refractivity contribution in [2.75, 3.05) is 0 Å². The summed E-state index contributed by atoms with van der Waals surface area (Å²) in [5.74, 6) is -0.0434. The largest absolute Gasteiger partial charge is 0.626 e. The van der Waals surface area contributed by atoms with Crippen LogP contribution in [0.25, 0.3) is 5.32 Å². The minimum Gasteiger partial charge on any atom is -0.626 e. The summed E-state index contributed by atoms with van der Waals surface area (Å²) in [5.41, 5.74) is 1.84. The van der Waals surface area contributed by atoms with Crippen LogP contribution in [-0.4, -0.2) is 5.91 Å². The van der Waals surface area contributed by atoms with Gasteiger partial charge in [0.25, 0.3) is 0 Å². The average molecular weight is 267 g/mol. The van der Waals surface area contributed by atoms with E-state index in [1.807, 2.05) is 18.2 Å². The number of carbonyl (C=O) groups is 1. The predicted octanol–water partition coefficient (Wildman–Crippen LogP) is 2.53. The summed E-state index contributed by atoms with van der Waals surface area (Å²) in [6.45, 7) is 0. The standard InChI is InChI=1S/C8H6BrNO.Fe/c9-6-2-1-5-3-8(11)10-7(5)4-6;/h1-2,4H,3H2,(H,10,11);/p-1. The van der Waals surface area contributed by atoms with E-state index in [1.165, 1.54) is 0 Å². The van der Waals surface area contributed by atoms with E-state index in [1.54, 1.807) is 0 Å². The van der Waals surface area contributed by atoms with E-state index in [-0.39, 0.29) is 23.0 Å². The molecular formula is C8H5BrFeNO-. The quantitative estimate of drug-likeness (QED) is 0.664. The molecule has 1 aromatic rings. The van der Waals surface area contributed by atoms with Gasteiger partial charge in [-0.1, -0.05) is 33.6 Å². The first-order chi connectivity index (χ1) is 5.25. The molecule has 2 rings (SSSR count). The Kier molecular flexibility index (Phi) is 2.94. The summed E-state index contributed by atoms with van der Waals surface area (Å²) in [4.78, 5) is 10.8. The van der Waals surface area contributed by atoms with E-state index in [0.29, 0.717) is 6.42 Å². The molecule has 2 nitrogen and oxygen atoms in total. The number of halogens is 1. The van der Waals surface area contributed by atoms with E-state index >= 15 is 0 Å². The van der Waals surface area contributed by atoms with E-state index in [9.17, 15) is 4.79 Å². The van der Waals surface area contributed by atoms with E-state index in [2.05, 4.69) is 21.2 Å².